The van der Waals surface area contributed by atoms with Gasteiger partial charge in [-0.25, -0.2) is 4.57 Å². The smallest absolute Gasteiger partial charge is 0.225 e. The SMILES string of the molecule is CCCC1C=CC=CC(c2cccc(-n3ccc[n+]3C)[n+]2C)=C1. The summed E-state index contributed by atoms with van der Waals surface area (Å²) in [6.45, 7) is 2.24. The van der Waals surface area contributed by atoms with E-state index in [4.69, 9.17) is 0 Å². The molecule has 0 N–H and O–H groups in total. The van der Waals surface area contributed by atoms with Gasteiger partial charge in [0.15, 0.2) is 13.2 Å². The zero-order chi connectivity index (χ0) is 16.2. The summed E-state index contributed by atoms with van der Waals surface area (Å²) < 4.78 is 6.48. The molecule has 3 rings (SSSR count). The van der Waals surface area contributed by atoms with Crippen LogP contribution in [0.3, 0.4) is 0 Å². The molecule has 0 amide bonds. The van der Waals surface area contributed by atoms with E-state index in [1.807, 2.05) is 0 Å². The molecule has 2 aromatic rings. The monoisotopic (exact) mass is 307 g/mol. The Balaban J connectivity index is 2.05. The van der Waals surface area contributed by atoms with Crippen molar-refractivity contribution in [2.24, 2.45) is 20.0 Å². The zero-order valence-corrected chi connectivity index (χ0v) is 14.2. The van der Waals surface area contributed by atoms with Crippen molar-refractivity contribution in [2.45, 2.75) is 19.8 Å². The van der Waals surface area contributed by atoms with Crippen LogP contribution in [0, 0.1) is 5.92 Å². The van der Waals surface area contributed by atoms with Crippen LogP contribution in [0.4, 0.5) is 0 Å². The lowest BCUT2D eigenvalue weighted by Crippen LogP contribution is -2.46. The number of rotatable bonds is 4. The summed E-state index contributed by atoms with van der Waals surface area (Å²) in [5, 5.41) is 0. The van der Waals surface area contributed by atoms with E-state index in [0.717, 1.165) is 5.82 Å². The highest BCUT2D eigenvalue weighted by Gasteiger charge is 2.20. The summed E-state index contributed by atoms with van der Waals surface area (Å²) in [7, 11) is 4.19. The fourth-order valence-electron chi connectivity index (χ4n) is 3.14. The number of aryl methyl sites for hydroxylation is 1. The van der Waals surface area contributed by atoms with Crippen LogP contribution in [-0.4, -0.2) is 4.68 Å². The summed E-state index contributed by atoms with van der Waals surface area (Å²) in [6.07, 6.45) is 17.7. The Hall–Kier alpha value is -2.42. The Bertz CT molecular complexity index is 778. The summed E-state index contributed by atoms with van der Waals surface area (Å²) in [5.41, 5.74) is 2.52. The Morgan fingerprint density at radius 1 is 1.13 bits per heavy atom. The lowest BCUT2D eigenvalue weighted by molar-refractivity contribution is -0.765. The topological polar surface area (TPSA) is 12.7 Å². The summed E-state index contributed by atoms with van der Waals surface area (Å²) in [6, 6.07) is 8.52. The summed E-state index contributed by atoms with van der Waals surface area (Å²) >= 11 is 0. The predicted molar refractivity (Wildman–Crippen MR) is 92.8 cm³/mol. The minimum Gasteiger partial charge on any atom is -0.225 e. The van der Waals surface area contributed by atoms with Crippen molar-refractivity contribution in [1.82, 2.24) is 4.68 Å². The molecule has 1 aliphatic rings. The Morgan fingerprint density at radius 3 is 2.74 bits per heavy atom. The molecule has 23 heavy (non-hydrogen) atoms. The van der Waals surface area contributed by atoms with Crippen molar-refractivity contribution in [3.05, 3.63) is 72.7 Å². The van der Waals surface area contributed by atoms with Crippen LogP contribution in [0.1, 0.15) is 25.5 Å². The number of pyridine rings is 1. The maximum absolute atomic E-state index is 2.39. The van der Waals surface area contributed by atoms with Crippen molar-refractivity contribution in [1.29, 1.82) is 0 Å². The molecule has 118 valence electrons. The number of hydrogen-bond donors (Lipinski definition) is 0. The molecule has 0 spiro atoms. The second-order valence-electron chi connectivity index (χ2n) is 6.06. The molecule has 0 aliphatic heterocycles. The fraction of sp³-hybridized carbons (Fsp3) is 0.300. The number of nitrogens with zero attached hydrogens (tertiary/aromatic N) is 3. The molecule has 1 unspecified atom stereocenters. The summed E-state index contributed by atoms with van der Waals surface area (Å²) in [4.78, 5) is 0. The van der Waals surface area contributed by atoms with E-state index in [1.54, 1.807) is 0 Å². The van der Waals surface area contributed by atoms with Gasteiger partial charge in [-0.1, -0.05) is 43.7 Å². The van der Waals surface area contributed by atoms with Gasteiger partial charge in [-0.3, -0.25) is 0 Å². The number of allylic oxidation sites excluding steroid dienone is 6. The van der Waals surface area contributed by atoms with Crippen molar-refractivity contribution < 1.29 is 9.25 Å². The van der Waals surface area contributed by atoms with Crippen LogP contribution in [0.2, 0.25) is 0 Å². The van der Waals surface area contributed by atoms with Crippen molar-refractivity contribution in [2.75, 3.05) is 0 Å². The van der Waals surface area contributed by atoms with Gasteiger partial charge >= 0.3 is 5.82 Å². The first-order valence-electron chi connectivity index (χ1n) is 8.30. The Morgan fingerprint density at radius 2 is 2.00 bits per heavy atom. The third kappa shape index (κ3) is 3.19. The van der Waals surface area contributed by atoms with E-state index >= 15 is 0 Å². The molecule has 1 aliphatic carbocycles. The van der Waals surface area contributed by atoms with E-state index < -0.39 is 0 Å². The normalized spacial score (nSPS) is 17.2. The first-order valence-corrected chi connectivity index (χ1v) is 8.30. The minimum absolute atomic E-state index is 0.511. The van der Waals surface area contributed by atoms with Crippen LogP contribution in [0.15, 0.2) is 67.0 Å². The number of hydrogen-bond acceptors (Lipinski definition) is 0. The minimum atomic E-state index is 0.511. The molecule has 0 fully saturated rings. The third-order valence-corrected chi connectivity index (χ3v) is 4.36. The standard InChI is InChI=1S/C20H25N3/c1-4-9-17-10-5-6-11-18(16-17)19-12-7-13-20(22(19)3)23-15-8-14-21(23)2/h5-8,10-17H,4,9H2,1-3H3/q+2. The molecular formula is C20H25N3+2. The Kier molecular flexibility index (Phi) is 4.56. The van der Waals surface area contributed by atoms with Crippen LogP contribution < -0.4 is 9.25 Å². The van der Waals surface area contributed by atoms with E-state index in [0.29, 0.717) is 5.92 Å². The van der Waals surface area contributed by atoms with Gasteiger partial charge in [0.05, 0.1) is 13.1 Å². The maximum Gasteiger partial charge on any atom is 0.342 e. The quantitative estimate of drug-likeness (QED) is 0.770. The van der Waals surface area contributed by atoms with Gasteiger partial charge in [0.1, 0.15) is 5.69 Å². The molecule has 0 saturated carbocycles. The van der Waals surface area contributed by atoms with Crippen molar-refractivity contribution >= 4 is 5.57 Å². The van der Waals surface area contributed by atoms with Crippen LogP contribution >= 0.6 is 0 Å². The fourth-order valence-corrected chi connectivity index (χ4v) is 3.14. The lowest BCUT2D eigenvalue weighted by Gasteiger charge is -2.10. The number of aromatic nitrogens is 3. The van der Waals surface area contributed by atoms with Crippen LogP contribution in [0.5, 0.6) is 0 Å². The van der Waals surface area contributed by atoms with Gasteiger partial charge in [0, 0.05) is 16.3 Å². The molecule has 2 heterocycles. The molecule has 0 saturated heterocycles. The van der Waals surface area contributed by atoms with Crippen LogP contribution in [-0.2, 0) is 14.1 Å². The lowest BCUT2D eigenvalue weighted by atomic mass is 9.99. The molecule has 0 bridgehead atoms. The molecular weight excluding hydrogens is 282 g/mol. The maximum atomic E-state index is 2.39. The third-order valence-electron chi connectivity index (χ3n) is 4.36. The van der Waals surface area contributed by atoms with Gasteiger partial charge in [-0.15, -0.1) is 0 Å². The summed E-state index contributed by atoms with van der Waals surface area (Å²) in [5.74, 6) is 1.66. The van der Waals surface area contributed by atoms with Crippen molar-refractivity contribution in [3.63, 3.8) is 0 Å². The average Bonchev–Trinajstić information content (AvgIpc) is 2.82. The highest BCUT2D eigenvalue weighted by atomic mass is 15.4. The zero-order valence-electron chi connectivity index (χ0n) is 14.2. The second kappa shape index (κ2) is 6.78. The van der Waals surface area contributed by atoms with Gasteiger partial charge in [0.2, 0.25) is 6.20 Å². The molecule has 0 aromatic carbocycles. The first-order chi connectivity index (χ1) is 11.2. The van der Waals surface area contributed by atoms with E-state index in [9.17, 15) is 0 Å². The Labute approximate surface area is 138 Å². The molecule has 2 aromatic heterocycles. The highest BCUT2D eigenvalue weighted by Crippen LogP contribution is 2.22. The molecule has 1 atom stereocenters. The van der Waals surface area contributed by atoms with E-state index in [-0.39, 0.29) is 0 Å². The average molecular weight is 307 g/mol. The molecule has 0 radical (unpaired) electrons. The predicted octanol–water partition coefficient (Wildman–Crippen LogP) is 3.05. The molecule has 3 heteroatoms. The van der Waals surface area contributed by atoms with Gasteiger partial charge in [-0.05, 0) is 29.2 Å². The van der Waals surface area contributed by atoms with Gasteiger partial charge < -0.3 is 0 Å². The van der Waals surface area contributed by atoms with Crippen molar-refractivity contribution in [3.8, 4) is 5.82 Å². The first kappa shape index (κ1) is 15.5. The van der Waals surface area contributed by atoms with Gasteiger partial charge in [-0.2, -0.15) is 0 Å². The second-order valence-corrected chi connectivity index (χ2v) is 6.06. The molecule has 3 nitrogen and oxygen atoms in total. The van der Waals surface area contributed by atoms with E-state index in [1.165, 1.54) is 24.1 Å². The van der Waals surface area contributed by atoms with Crippen LogP contribution in [0.25, 0.3) is 11.4 Å². The van der Waals surface area contributed by atoms with Gasteiger partial charge in [0.25, 0.3) is 0 Å². The highest BCUT2D eigenvalue weighted by molar-refractivity contribution is 5.71. The largest absolute Gasteiger partial charge is 0.342 e. The van der Waals surface area contributed by atoms with E-state index in [2.05, 4.69) is 102 Å².